The monoisotopic (exact) mass is 324 g/mol. The summed E-state index contributed by atoms with van der Waals surface area (Å²) in [5, 5.41) is 7.88. The summed E-state index contributed by atoms with van der Waals surface area (Å²) in [6.07, 6.45) is 0. The van der Waals surface area contributed by atoms with Gasteiger partial charge < -0.3 is 5.32 Å². The molecule has 112 valence electrons. The van der Waals surface area contributed by atoms with Crippen LogP contribution < -0.4 is 10.5 Å². The highest BCUT2D eigenvalue weighted by atomic mass is 32.2. The number of nitrogens with one attached hydrogen (secondary N) is 1. The number of nitrogens with two attached hydrogens (primary N) is 1. The van der Waals surface area contributed by atoms with Crippen LogP contribution in [0.5, 0.6) is 0 Å². The van der Waals surface area contributed by atoms with E-state index in [1.54, 1.807) is 19.1 Å². The molecule has 0 radical (unpaired) electrons. The molecule has 5 nitrogen and oxygen atoms in total. The van der Waals surface area contributed by atoms with Crippen LogP contribution in [-0.4, -0.2) is 14.3 Å². The molecule has 21 heavy (non-hydrogen) atoms. The Bertz CT molecular complexity index is 788. The molecule has 0 aliphatic heterocycles. The van der Waals surface area contributed by atoms with E-state index in [1.807, 2.05) is 19.9 Å². The Kier molecular flexibility index (Phi) is 4.18. The summed E-state index contributed by atoms with van der Waals surface area (Å²) in [6, 6.07) is 6.43. The first-order chi connectivity index (χ1) is 9.70. The van der Waals surface area contributed by atoms with E-state index in [0.717, 1.165) is 10.4 Å². The molecule has 0 unspecified atom stereocenters. The molecule has 3 N–H and O–H groups in total. The summed E-state index contributed by atoms with van der Waals surface area (Å²) in [5.41, 5.74) is 1.92. The minimum Gasteiger partial charge on any atom is -0.321 e. The van der Waals surface area contributed by atoms with E-state index in [4.69, 9.17) is 5.14 Å². The first-order valence-electron chi connectivity index (χ1n) is 6.21. The molecule has 0 atom stereocenters. The molecule has 0 saturated carbocycles. The van der Waals surface area contributed by atoms with Crippen LogP contribution in [-0.2, 0) is 10.0 Å². The molecule has 0 spiro atoms. The highest BCUT2D eigenvalue weighted by Gasteiger charge is 2.16. The molecule has 7 heteroatoms. The summed E-state index contributed by atoms with van der Waals surface area (Å²) in [5.74, 6) is -0.258. The number of primary sulfonamides is 1. The molecule has 1 aromatic heterocycles. The van der Waals surface area contributed by atoms with Crippen molar-refractivity contribution in [1.29, 1.82) is 0 Å². The van der Waals surface area contributed by atoms with Gasteiger partial charge >= 0.3 is 0 Å². The number of sulfonamides is 1. The van der Waals surface area contributed by atoms with Crippen molar-refractivity contribution in [2.24, 2.45) is 5.14 Å². The Hall–Kier alpha value is -1.70. The fourth-order valence-corrected chi connectivity index (χ4v) is 3.66. The van der Waals surface area contributed by atoms with Gasteiger partial charge in [0.25, 0.3) is 5.91 Å². The van der Waals surface area contributed by atoms with Crippen molar-refractivity contribution in [3.05, 3.63) is 45.1 Å². The van der Waals surface area contributed by atoms with Crippen LogP contribution in [0.25, 0.3) is 0 Å². The standard InChI is InChI=1S/C14H16N2O3S2/c1-8-7-12(20-10(8)3)14(17)16-11-5-4-6-13(9(11)2)21(15,18)19/h4-7H,1-3H3,(H,16,17)(H2,15,18,19). The molecule has 1 aromatic carbocycles. The average molecular weight is 324 g/mol. The Morgan fingerprint density at radius 3 is 2.43 bits per heavy atom. The third-order valence-electron chi connectivity index (χ3n) is 3.23. The van der Waals surface area contributed by atoms with Crippen molar-refractivity contribution < 1.29 is 13.2 Å². The first-order valence-corrected chi connectivity index (χ1v) is 8.57. The van der Waals surface area contributed by atoms with E-state index in [2.05, 4.69) is 5.32 Å². The minimum atomic E-state index is -3.81. The van der Waals surface area contributed by atoms with Crippen LogP contribution in [0.3, 0.4) is 0 Å². The second-order valence-corrected chi connectivity index (χ2v) is 7.56. The van der Waals surface area contributed by atoms with Crippen molar-refractivity contribution in [2.45, 2.75) is 25.7 Å². The Labute approximate surface area is 127 Å². The van der Waals surface area contributed by atoms with Crippen molar-refractivity contribution in [3.8, 4) is 0 Å². The zero-order chi connectivity index (χ0) is 15.8. The summed E-state index contributed by atoms with van der Waals surface area (Å²) >= 11 is 1.40. The number of anilines is 1. The molecule has 0 bridgehead atoms. The molecule has 0 aliphatic carbocycles. The number of carbonyl (C=O) groups is 1. The van der Waals surface area contributed by atoms with Crippen LogP contribution in [0.2, 0.25) is 0 Å². The lowest BCUT2D eigenvalue weighted by atomic mass is 10.2. The summed E-state index contributed by atoms with van der Waals surface area (Å²) in [4.78, 5) is 13.9. The molecule has 0 saturated heterocycles. The number of hydrogen-bond acceptors (Lipinski definition) is 4. The summed E-state index contributed by atoms with van der Waals surface area (Å²) in [7, 11) is -3.81. The lowest BCUT2D eigenvalue weighted by molar-refractivity contribution is 0.103. The average Bonchev–Trinajstić information content (AvgIpc) is 2.71. The van der Waals surface area contributed by atoms with E-state index in [-0.39, 0.29) is 10.8 Å². The van der Waals surface area contributed by atoms with Gasteiger partial charge in [0.05, 0.1) is 9.77 Å². The highest BCUT2D eigenvalue weighted by Crippen LogP contribution is 2.25. The molecule has 1 amide bonds. The maximum atomic E-state index is 12.2. The second-order valence-electron chi connectivity index (χ2n) is 4.78. The topological polar surface area (TPSA) is 89.3 Å². The Morgan fingerprint density at radius 1 is 1.24 bits per heavy atom. The largest absolute Gasteiger partial charge is 0.321 e. The fourth-order valence-electron chi connectivity index (χ4n) is 1.93. The van der Waals surface area contributed by atoms with E-state index in [0.29, 0.717) is 16.1 Å². The van der Waals surface area contributed by atoms with Gasteiger partial charge in [-0.2, -0.15) is 0 Å². The van der Waals surface area contributed by atoms with Gasteiger partial charge in [0.2, 0.25) is 10.0 Å². The fraction of sp³-hybridized carbons (Fsp3) is 0.214. The first kappa shape index (κ1) is 15.7. The zero-order valence-corrected chi connectivity index (χ0v) is 13.6. The van der Waals surface area contributed by atoms with Crippen molar-refractivity contribution in [3.63, 3.8) is 0 Å². The summed E-state index contributed by atoms with van der Waals surface area (Å²) in [6.45, 7) is 5.50. The Morgan fingerprint density at radius 2 is 1.90 bits per heavy atom. The molecule has 0 aliphatic rings. The van der Waals surface area contributed by atoms with Crippen LogP contribution in [0.15, 0.2) is 29.2 Å². The van der Waals surface area contributed by atoms with Crippen molar-refractivity contribution >= 4 is 33.0 Å². The van der Waals surface area contributed by atoms with Crippen LogP contribution in [0, 0.1) is 20.8 Å². The number of thiophene rings is 1. The predicted molar refractivity (Wildman–Crippen MR) is 84.3 cm³/mol. The van der Waals surface area contributed by atoms with Gasteiger partial charge in [-0.05, 0) is 50.1 Å². The number of hydrogen-bond donors (Lipinski definition) is 2. The number of amides is 1. The van der Waals surface area contributed by atoms with Crippen molar-refractivity contribution in [2.75, 3.05) is 5.32 Å². The van der Waals surface area contributed by atoms with Gasteiger partial charge in [-0.3, -0.25) is 4.79 Å². The lowest BCUT2D eigenvalue weighted by Gasteiger charge is -2.10. The minimum absolute atomic E-state index is 0.0128. The van der Waals surface area contributed by atoms with Gasteiger partial charge in [0.1, 0.15) is 0 Å². The van der Waals surface area contributed by atoms with E-state index in [1.165, 1.54) is 17.4 Å². The quantitative estimate of drug-likeness (QED) is 0.909. The van der Waals surface area contributed by atoms with E-state index < -0.39 is 10.0 Å². The molecular formula is C14H16N2O3S2. The molecular weight excluding hydrogens is 308 g/mol. The summed E-state index contributed by atoms with van der Waals surface area (Å²) < 4.78 is 23.0. The third-order valence-corrected chi connectivity index (χ3v) is 5.44. The molecule has 2 aromatic rings. The third kappa shape index (κ3) is 3.31. The number of benzene rings is 1. The lowest BCUT2D eigenvalue weighted by Crippen LogP contribution is -2.16. The number of carbonyl (C=O) groups excluding carboxylic acids is 1. The maximum absolute atomic E-state index is 12.2. The van der Waals surface area contributed by atoms with Gasteiger partial charge in [-0.15, -0.1) is 11.3 Å². The normalized spacial score (nSPS) is 11.4. The van der Waals surface area contributed by atoms with Crippen LogP contribution in [0.1, 0.15) is 25.7 Å². The smallest absolute Gasteiger partial charge is 0.265 e. The maximum Gasteiger partial charge on any atom is 0.265 e. The highest BCUT2D eigenvalue weighted by molar-refractivity contribution is 7.89. The predicted octanol–water partition coefficient (Wildman–Crippen LogP) is 2.57. The zero-order valence-electron chi connectivity index (χ0n) is 11.9. The Balaban J connectivity index is 2.34. The number of aryl methyl sites for hydroxylation is 2. The SMILES string of the molecule is Cc1cc(C(=O)Nc2cccc(S(N)(=O)=O)c2C)sc1C. The van der Waals surface area contributed by atoms with Crippen LogP contribution in [0.4, 0.5) is 5.69 Å². The van der Waals surface area contributed by atoms with Crippen molar-refractivity contribution in [1.82, 2.24) is 0 Å². The van der Waals surface area contributed by atoms with Gasteiger partial charge in [-0.1, -0.05) is 6.07 Å². The van der Waals surface area contributed by atoms with Gasteiger partial charge in [0, 0.05) is 10.6 Å². The van der Waals surface area contributed by atoms with Gasteiger partial charge in [-0.25, -0.2) is 13.6 Å². The van der Waals surface area contributed by atoms with Gasteiger partial charge in [0.15, 0.2) is 0 Å². The van der Waals surface area contributed by atoms with E-state index >= 15 is 0 Å². The van der Waals surface area contributed by atoms with E-state index in [9.17, 15) is 13.2 Å². The molecule has 2 rings (SSSR count). The van der Waals surface area contributed by atoms with Crippen LogP contribution >= 0.6 is 11.3 Å². The number of rotatable bonds is 3. The molecule has 1 heterocycles. The second kappa shape index (κ2) is 5.59. The molecule has 0 fully saturated rings.